The van der Waals surface area contributed by atoms with E-state index in [1.807, 2.05) is 42.5 Å². The van der Waals surface area contributed by atoms with Crippen LogP contribution in [0.1, 0.15) is 49.7 Å². The average molecular weight is 393 g/mol. The first kappa shape index (κ1) is 20.6. The molecule has 5 nitrogen and oxygen atoms in total. The molecular formula is C24H27NO4. The van der Waals surface area contributed by atoms with Crippen LogP contribution in [0.5, 0.6) is 0 Å². The third kappa shape index (κ3) is 5.05. The number of carboxylic acids is 1. The molecule has 0 spiro atoms. The molecule has 3 rings (SSSR count). The first-order valence-corrected chi connectivity index (χ1v) is 10.1. The quantitative estimate of drug-likeness (QED) is 0.458. The standard InChI is InChI=1S/C24H27NO4/c1-2-3-4-5-6-15-22(23(26)27)25-24(28)29-16-21-19-13-9-7-11-17(19)18-12-8-10-14-20(18)21/h5-14,21-22H,2-4,15-16H2,1H3,(H,25,28)(H,26,27)/b6-5+/t22-/m0/s1. The van der Waals surface area contributed by atoms with Gasteiger partial charge in [-0.3, -0.25) is 0 Å². The van der Waals surface area contributed by atoms with Crippen LogP contribution in [0, 0.1) is 0 Å². The molecule has 0 aliphatic heterocycles. The number of rotatable bonds is 9. The Hall–Kier alpha value is -3.08. The summed E-state index contributed by atoms with van der Waals surface area (Å²) in [5.41, 5.74) is 4.54. The van der Waals surface area contributed by atoms with Gasteiger partial charge in [-0.25, -0.2) is 9.59 Å². The number of alkyl carbamates (subject to hydrolysis) is 1. The lowest BCUT2D eigenvalue weighted by molar-refractivity contribution is -0.139. The first-order chi connectivity index (χ1) is 14.1. The molecule has 1 aliphatic rings. The molecule has 0 unspecified atom stereocenters. The number of benzene rings is 2. The monoisotopic (exact) mass is 393 g/mol. The molecule has 0 heterocycles. The molecule has 152 valence electrons. The van der Waals surface area contributed by atoms with Crippen molar-refractivity contribution < 1.29 is 19.4 Å². The number of fused-ring (bicyclic) bond motifs is 3. The summed E-state index contributed by atoms with van der Waals surface area (Å²) < 4.78 is 5.43. The van der Waals surface area contributed by atoms with E-state index in [1.54, 1.807) is 6.08 Å². The van der Waals surface area contributed by atoms with Crippen LogP contribution in [0.4, 0.5) is 4.79 Å². The number of aliphatic carboxylic acids is 1. The van der Waals surface area contributed by atoms with Gasteiger partial charge in [-0.05, 0) is 35.1 Å². The maximum Gasteiger partial charge on any atom is 0.407 e. The second kappa shape index (κ2) is 9.92. The molecule has 0 bridgehead atoms. The van der Waals surface area contributed by atoms with Crippen LogP contribution in [0.15, 0.2) is 60.7 Å². The summed E-state index contributed by atoms with van der Waals surface area (Å²) in [5.74, 6) is -1.12. The zero-order valence-corrected chi connectivity index (χ0v) is 16.6. The zero-order chi connectivity index (χ0) is 20.6. The Balaban J connectivity index is 1.60. The molecule has 2 aromatic rings. The van der Waals surface area contributed by atoms with Crippen molar-refractivity contribution in [3.8, 4) is 11.1 Å². The maximum absolute atomic E-state index is 12.3. The molecule has 0 fully saturated rings. The van der Waals surface area contributed by atoms with E-state index in [1.165, 1.54) is 0 Å². The van der Waals surface area contributed by atoms with Crippen molar-refractivity contribution in [1.82, 2.24) is 5.32 Å². The molecule has 1 amide bonds. The highest BCUT2D eigenvalue weighted by Crippen LogP contribution is 2.44. The van der Waals surface area contributed by atoms with Gasteiger partial charge in [0.1, 0.15) is 12.6 Å². The fraction of sp³-hybridized carbons (Fsp3) is 0.333. The third-order valence-electron chi connectivity index (χ3n) is 5.20. The van der Waals surface area contributed by atoms with Gasteiger partial charge in [0.15, 0.2) is 0 Å². The Morgan fingerprint density at radius 2 is 1.69 bits per heavy atom. The summed E-state index contributed by atoms with van der Waals surface area (Å²) in [5, 5.41) is 11.8. The largest absolute Gasteiger partial charge is 0.480 e. The van der Waals surface area contributed by atoms with Crippen LogP contribution in [0.2, 0.25) is 0 Å². The number of allylic oxidation sites excluding steroid dienone is 1. The molecule has 1 aliphatic carbocycles. The molecule has 2 N–H and O–H groups in total. The van der Waals surface area contributed by atoms with Gasteiger partial charge in [0.25, 0.3) is 0 Å². The highest BCUT2D eigenvalue weighted by Gasteiger charge is 2.29. The smallest absolute Gasteiger partial charge is 0.407 e. The van der Waals surface area contributed by atoms with E-state index in [-0.39, 0.29) is 18.9 Å². The highest BCUT2D eigenvalue weighted by molar-refractivity contribution is 5.81. The Morgan fingerprint density at radius 1 is 1.07 bits per heavy atom. The molecule has 29 heavy (non-hydrogen) atoms. The van der Waals surface area contributed by atoms with Gasteiger partial charge < -0.3 is 15.2 Å². The second-order valence-electron chi connectivity index (χ2n) is 7.21. The number of carboxylic acid groups (broad SMARTS) is 1. The lowest BCUT2D eigenvalue weighted by Crippen LogP contribution is -2.41. The van der Waals surface area contributed by atoms with Crippen molar-refractivity contribution in [3.63, 3.8) is 0 Å². The molecule has 1 atom stereocenters. The summed E-state index contributed by atoms with van der Waals surface area (Å²) >= 11 is 0. The summed E-state index contributed by atoms with van der Waals surface area (Å²) in [6.07, 6.45) is 6.36. The fourth-order valence-electron chi connectivity index (χ4n) is 3.68. The van der Waals surface area contributed by atoms with Crippen LogP contribution in [-0.2, 0) is 9.53 Å². The number of hydrogen-bond donors (Lipinski definition) is 2. The van der Waals surface area contributed by atoms with E-state index >= 15 is 0 Å². The number of amides is 1. The maximum atomic E-state index is 12.3. The van der Waals surface area contributed by atoms with Crippen molar-refractivity contribution in [2.75, 3.05) is 6.61 Å². The minimum atomic E-state index is -1.07. The normalized spacial score (nSPS) is 13.7. The zero-order valence-electron chi connectivity index (χ0n) is 16.6. The van der Waals surface area contributed by atoms with Gasteiger partial charge in [-0.1, -0.05) is 80.4 Å². The van der Waals surface area contributed by atoms with Crippen molar-refractivity contribution in [3.05, 3.63) is 71.8 Å². The van der Waals surface area contributed by atoms with E-state index in [2.05, 4.69) is 24.4 Å². The summed E-state index contributed by atoms with van der Waals surface area (Å²) in [6, 6.07) is 15.2. The molecule has 0 aromatic heterocycles. The third-order valence-corrected chi connectivity index (χ3v) is 5.20. The van der Waals surface area contributed by atoms with Crippen LogP contribution >= 0.6 is 0 Å². The number of unbranched alkanes of at least 4 members (excludes halogenated alkanes) is 2. The van der Waals surface area contributed by atoms with Gasteiger partial charge in [-0.2, -0.15) is 0 Å². The molecule has 0 saturated carbocycles. The van der Waals surface area contributed by atoms with Crippen LogP contribution < -0.4 is 5.32 Å². The number of nitrogens with one attached hydrogen (secondary N) is 1. The van der Waals surface area contributed by atoms with Crippen LogP contribution in [-0.4, -0.2) is 29.8 Å². The number of hydrogen-bond acceptors (Lipinski definition) is 3. The number of carbonyl (C=O) groups excluding carboxylic acids is 1. The molecular weight excluding hydrogens is 366 g/mol. The Morgan fingerprint density at radius 3 is 2.28 bits per heavy atom. The molecule has 0 radical (unpaired) electrons. The van der Waals surface area contributed by atoms with Gasteiger partial charge in [-0.15, -0.1) is 0 Å². The lowest BCUT2D eigenvalue weighted by Gasteiger charge is -2.16. The Labute approximate surface area is 171 Å². The minimum Gasteiger partial charge on any atom is -0.480 e. The van der Waals surface area contributed by atoms with E-state index in [0.717, 1.165) is 41.5 Å². The highest BCUT2D eigenvalue weighted by atomic mass is 16.5. The van der Waals surface area contributed by atoms with E-state index < -0.39 is 18.1 Å². The fourth-order valence-corrected chi connectivity index (χ4v) is 3.68. The van der Waals surface area contributed by atoms with Gasteiger partial charge >= 0.3 is 12.1 Å². The van der Waals surface area contributed by atoms with Crippen molar-refractivity contribution in [1.29, 1.82) is 0 Å². The molecule has 5 heteroatoms. The predicted molar refractivity (Wildman–Crippen MR) is 113 cm³/mol. The van der Waals surface area contributed by atoms with Crippen molar-refractivity contribution in [2.45, 2.75) is 44.6 Å². The lowest BCUT2D eigenvalue weighted by atomic mass is 9.98. The van der Waals surface area contributed by atoms with E-state index in [0.29, 0.717) is 0 Å². The minimum absolute atomic E-state index is 0.0506. The average Bonchev–Trinajstić information content (AvgIpc) is 3.05. The van der Waals surface area contributed by atoms with Crippen molar-refractivity contribution >= 4 is 12.1 Å². The number of ether oxygens (including phenoxy) is 1. The molecule has 2 aromatic carbocycles. The molecule has 0 saturated heterocycles. The van der Waals surface area contributed by atoms with Gasteiger partial charge in [0.2, 0.25) is 0 Å². The SMILES string of the molecule is CCCC/C=C/C[C@H](NC(=O)OCC1c2ccccc2-c2ccccc21)C(=O)O. The van der Waals surface area contributed by atoms with E-state index in [4.69, 9.17) is 4.74 Å². The van der Waals surface area contributed by atoms with Crippen LogP contribution in [0.25, 0.3) is 11.1 Å². The number of carbonyl (C=O) groups is 2. The van der Waals surface area contributed by atoms with Gasteiger partial charge in [0.05, 0.1) is 0 Å². The topological polar surface area (TPSA) is 75.6 Å². The van der Waals surface area contributed by atoms with Gasteiger partial charge in [0, 0.05) is 5.92 Å². The van der Waals surface area contributed by atoms with Crippen molar-refractivity contribution in [2.24, 2.45) is 0 Å². The first-order valence-electron chi connectivity index (χ1n) is 10.1. The Bertz CT molecular complexity index is 844. The van der Waals surface area contributed by atoms with Crippen LogP contribution in [0.3, 0.4) is 0 Å². The summed E-state index contributed by atoms with van der Waals surface area (Å²) in [4.78, 5) is 23.7. The Kier molecular flexibility index (Phi) is 7.06. The predicted octanol–water partition coefficient (Wildman–Crippen LogP) is 5.11. The summed E-state index contributed by atoms with van der Waals surface area (Å²) in [6.45, 7) is 2.27. The second-order valence-corrected chi connectivity index (χ2v) is 7.21. The van der Waals surface area contributed by atoms with E-state index in [9.17, 15) is 14.7 Å². The summed E-state index contributed by atoms with van der Waals surface area (Å²) in [7, 11) is 0.